The Labute approximate surface area is 89.6 Å². The molecule has 0 unspecified atom stereocenters. The fourth-order valence-corrected chi connectivity index (χ4v) is 1.78. The number of carbonyl (C=O) groups is 1. The second-order valence-electron chi connectivity index (χ2n) is 3.66. The van der Waals surface area contributed by atoms with Crippen LogP contribution in [0.15, 0.2) is 0 Å². The molecule has 1 rings (SSSR count). The molecule has 0 aromatic carbocycles. The normalized spacial score (nSPS) is 17.7. The molecule has 1 amide bonds. The summed E-state index contributed by atoms with van der Waals surface area (Å²) in [7, 11) is 0. The van der Waals surface area contributed by atoms with Gasteiger partial charge in [-0.1, -0.05) is 0 Å². The molecule has 5 heteroatoms. The standard InChI is InChI=1S/C10H19NO4/c12-5-3-11(4-6-13)10(14)9-1-7-15-8-2-9/h9,12-13H,1-8H2. The van der Waals surface area contributed by atoms with Gasteiger partial charge >= 0.3 is 0 Å². The number of hydrogen-bond donors (Lipinski definition) is 2. The van der Waals surface area contributed by atoms with Crippen LogP contribution in [0.4, 0.5) is 0 Å². The van der Waals surface area contributed by atoms with Crippen molar-refractivity contribution in [3.63, 3.8) is 0 Å². The maximum atomic E-state index is 11.9. The second kappa shape index (κ2) is 6.76. The van der Waals surface area contributed by atoms with Gasteiger partial charge in [0.15, 0.2) is 0 Å². The lowest BCUT2D eigenvalue weighted by Crippen LogP contribution is -2.41. The van der Waals surface area contributed by atoms with Gasteiger partial charge < -0.3 is 19.8 Å². The van der Waals surface area contributed by atoms with E-state index in [0.29, 0.717) is 26.3 Å². The van der Waals surface area contributed by atoms with Gasteiger partial charge in [-0.3, -0.25) is 4.79 Å². The van der Waals surface area contributed by atoms with E-state index in [9.17, 15) is 4.79 Å². The molecule has 0 bridgehead atoms. The minimum atomic E-state index is -0.0606. The molecule has 88 valence electrons. The molecule has 0 atom stereocenters. The summed E-state index contributed by atoms with van der Waals surface area (Å²) < 4.78 is 5.18. The van der Waals surface area contributed by atoms with Gasteiger partial charge in [-0.2, -0.15) is 0 Å². The highest BCUT2D eigenvalue weighted by atomic mass is 16.5. The summed E-state index contributed by atoms with van der Waals surface area (Å²) in [4.78, 5) is 13.5. The lowest BCUT2D eigenvalue weighted by atomic mass is 9.98. The first-order valence-electron chi connectivity index (χ1n) is 5.38. The van der Waals surface area contributed by atoms with Gasteiger partial charge in [0.05, 0.1) is 13.2 Å². The number of aliphatic hydroxyl groups is 2. The highest BCUT2D eigenvalue weighted by Crippen LogP contribution is 2.17. The Morgan fingerprint density at radius 1 is 1.20 bits per heavy atom. The molecule has 0 aromatic rings. The predicted octanol–water partition coefficient (Wildman–Crippen LogP) is -0.774. The fourth-order valence-electron chi connectivity index (χ4n) is 1.78. The van der Waals surface area contributed by atoms with Gasteiger partial charge in [0.1, 0.15) is 0 Å². The molecule has 1 saturated heterocycles. The summed E-state index contributed by atoms with van der Waals surface area (Å²) in [5.74, 6) is 0.0262. The van der Waals surface area contributed by atoms with Crippen LogP contribution in [-0.4, -0.2) is 60.5 Å². The van der Waals surface area contributed by atoms with Crippen molar-refractivity contribution in [1.82, 2.24) is 4.90 Å². The van der Waals surface area contributed by atoms with Crippen molar-refractivity contribution in [3.05, 3.63) is 0 Å². The highest BCUT2D eigenvalue weighted by molar-refractivity contribution is 5.78. The quantitative estimate of drug-likeness (QED) is 0.634. The molecule has 1 heterocycles. The molecule has 0 aromatic heterocycles. The second-order valence-corrected chi connectivity index (χ2v) is 3.66. The number of carbonyl (C=O) groups excluding carboxylic acids is 1. The molecule has 5 nitrogen and oxygen atoms in total. The lowest BCUT2D eigenvalue weighted by molar-refractivity contribution is -0.139. The van der Waals surface area contributed by atoms with E-state index in [1.54, 1.807) is 0 Å². The topological polar surface area (TPSA) is 70.0 Å². The molecule has 1 aliphatic heterocycles. The van der Waals surface area contributed by atoms with Gasteiger partial charge in [-0.25, -0.2) is 0 Å². The van der Waals surface area contributed by atoms with E-state index in [0.717, 1.165) is 12.8 Å². The van der Waals surface area contributed by atoms with Crippen LogP contribution in [0.1, 0.15) is 12.8 Å². The first-order chi connectivity index (χ1) is 7.29. The van der Waals surface area contributed by atoms with Crippen LogP contribution < -0.4 is 0 Å². The molecule has 0 saturated carbocycles. The van der Waals surface area contributed by atoms with Gasteiger partial charge in [0, 0.05) is 32.2 Å². The minimum absolute atomic E-state index is 0.00292. The molecule has 15 heavy (non-hydrogen) atoms. The maximum Gasteiger partial charge on any atom is 0.226 e. The van der Waals surface area contributed by atoms with E-state index < -0.39 is 0 Å². The molecule has 0 aliphatic carbocycles. The Morgan fingerprint density at radius 2 is 1.73 bits per heavy atom. The summed E-state index contributed by atoms with van der Waals surface area (Å²) in [5, 5.41) is 17.6. The SMILES string of the molecule is O=C(C1CCOCC1)N(CCO)CCO. The Morgan fingerprint density at radius 3 is 2.20 bits per heavy atom. The highest BCUT2D eigenvalue weighted by Gasteiger charge is 2.25. The van der Waals surface area contributed by atoms with Crippen molar-refractivity contribution in [2.45, 2.75) is 12.8 Å². The molecule has 0 radical (unpaired) electrons. The van der Waals surface area contributed by atoms with Crippen LogP contribution in [0.3, 0.4) is 0 Å². The monoisotopic (exact) mass is 217 g/mol. The smallest absolute Gasteiger partial charge is 0.226 e. The Kier molecular flexibility index (Phi) is 5.60. The minimum Gasteiger partial charge on any atom is -0.395 e. The summed E-state index contributed by atoms with van der Waals surface area (Å²) in [5.41, 5.74) is 0. The zero-order chi connectivity index (χ0) is 11.1. The Hall–Kier alpha value is -0.650. The van der Waals surface area contributed by atoms with E-state index in [1.165, 1.54) is 4.90 Å². The number of amides is 1. The molecular formula is C10H19NO4. The molecule has 1 aliphatic rings. The summed E-state index contributed by atoms with van der Waals surface area (Å²) in [6.07, 6.45) is 1.48. The maximum absolute atomic E-state index is 11.9. The van der Waals surface area contributed by atoms with Crippen LogP contribution in [0.5, 0.6) is 0 Å². The molecule has 0 spiro atoms. The average Bonchev–Trinajstić information content (AvgIpc) is 2.29. The summed E-state index contributed by atoms with van der Waals surface area (Å²) in [6.45, 7) is 1.74. The first kappa shape index (κ1) is 12.4. The Balaban J connectivity index is 2.45. The van der Waals surface area contributed by atoms with Crippen molar-refractivity contribution < 1.29 is 19.7 Å². The zero-order valence-electron chi connectivity index (χ0n) is 8.89. The largest absolute Gasteiger partial charge is 0.395 e. The van der Waals surface area contributed by atoms with Crippen LogP contribution in [0.2, 0.25) is 0 Å². The van der Waals surface area contributed by atoms with Crippen molar-refractivity contribution in [2.75, 3.05) is 39.5 Å². The van der Waals surface area contributed by atoms with E-state index in [2.05, 4.69) is 0 Å². The van der Waals surface area contributed by atoms with E-state index in [-0.39, 0.29) is 25.0 Å². The fraction of sp³-hybridized carbons (Fsp3) is 0.900. The number of hydrogen-bond acceptors (Lipinski definition) is 4. The van der Waals surface area contributed by atoms with Gasteiger partial charge in [-0.05, 0) is 12.8 Å². The summed E-state index contributed by atoms with van der Waals surface area (Å²) >= 11 is 0. The van der Waals surface area contributed by atoms with Gasteiger partial charge in [0.2, 0.25) is 5.91 Å². The van der Waals surface area contributed by atoms with Crippen LogP contribution in [-0.2, 0) is 9.53 Å². The van der Waals surface area contributed by atoms with E-state index in [4.69, 9.17) is 14.9 Å². The summed E-state index contributed by atoms with van der Waals surface area (Å²) in [6, 6.07) is 0. The Bertz CT molecular complexity index is 186. The zero-order valence-corrected chi connectivity index (χ0v) is 8.89. The van der Waals surface area contributed by atoms with E-state index >= 15 is 0 Å². The third-order valence-corrected chi connectivity index (χ3v) is 2.62. The van der Waals surface area contributed by atoms with Crippen molar-refractivity contribution >= 4 is 5.91 Å². The number of aliphatic hydroxyl groups excluding tert-OH is 2. The molecule has 1 fully saturated rings. The van der Waals surface area contributed by atoms with Crippen molar-refractivity contribution in [3.8, 4) is 0 Å². The van der Waals surface area contributed by atoms with E-state index in [1.807, 2.05) is 0 Å². The van der Waals surface area contributed by atoms with Gasteiger partial charge in [0.25, 0.3) is 0 Å². The number of rotatable bonds is 5. The third-order valence-electron chi connectivity index (χ3n) is 2.62. The predicted molar refractivity (Wildman–Crippen MR) is 54.3 cm³/mol. The average molecular weight is 217 g/mol. The third kappa shape index (κ3) is 3.77. The number of nitrogens with zero attached hydrogens (tertiary/aromatic N) is 1. The first-order valence-corrected chi connectivity index (χ1v) is 5.38. The number of ether oxygens (including phenoxy) is 1. The van der Waals surface area contributed by atoms with Crippen molar-refractivity contribution in [2.24, 2.45) is 5.92 Å². The molecular weight excluding hydrogens is 198 g/mol. The molecule has 2 N–H and O–H groups in total. The lowest BCUT2D eigenvalue weighted by Gasteiger charge is -2.28. The van der Waals surface area contributed by atoms with Crippen molar-refractivity contribution in [1.29, 1.82) is 0 Å². The van der Waals surface area contributed by atoms with Crippen LogP contribution in [0, 0.1) is 5.92 Å². The van der Waals surface area contributed by atoms with Gasteiger partial charge in [-0.15, -0.1) is 0 Å². The van der Waals surface area contributed by atoms with Crippen LogP contribution >= 0.6 is 0 Å². The van der Waals surface area contributed by atoms with Crippen LogP contribution in [0.25, 0.3) is 0 Å².